The number of hydrogen-bond acceptors (Lipinski definition) is 2. The second-order valence-corrected chi connectivity index (χ2v) is 3.37. The molecule has 0 bridgehead atoms. The third kappa shape index (κ3) is 4.08. The lowest BCUT2D eigenvalue weighted by atomic mass is 10.1. The van der Waals surface area contributed by atoms with Crippen LogP contribution in [0.2, 0.25) is 0 Å². The molecule has 4 heteroatoms. The van der Waals surface area contributed by atoms with Gasteiger partial charge < -0.3 is 10.4 Å². The monoisotopic (exact) mass is 211 g/mol. The number of rotatable bonds is 5. The Morgan fingerprint density at radius 3 is 2.93 bits per heavy atom. The van der Waals surface area contributed by atoms with Crippen LogP contribution in [0.4, 0.5) is 4.39 Å². The Bertz CT molecular complexity index is 341. The van der Waals surface area contributed by atoms with Gasteiger partial charge in [0.15, 0.2) is 0 Å². The molecule has 1 rings (SSSR count). The van der Waals surface area contributed by atoms with Crippen LogP contribution in [0.25, 0.3) is 0 Å². The molecule has 0 saturated carbocycles. The Labute approximate surface area is 87.9 Å². The molecule has 0 aromatic heterocycles. The van der Waals surface area contributed by atoms with Crippen molar-refractivity contribution in [2.24, 2.45) is 0 Å². The van der Waals surface area contributed by atoms with Gasteiger partial charge in [0, 0.05) is 12.6 Å². The molecule has 0 aliphatic heterocycles. The fraction of sp³-hybridized carbons (Fsp3) is 0.364. The number of hydrogen-bond donors (Lipinski definition) is 2. The molecule has 1 aromatic carbocycles. The van der Waals surface area contributed by atoms with Gasteiger partial charge in [-0.1, -0.05) is 12.1 Å². The Morgan fingerprint density at radius 1 is 1.60 bits per heavy atom. The van der Waals surface area contributed by atoms with E-state index in [-0.39, 0.29) is 18.3 Å². The van der Waals surface area contributed by atoms with Gasteiger partial charge in [-0.2, -0.15) is 0 Å². The van der Waals surface area contributed by atoms with Crippen molar-refractivity contribution in [2.75, 3.05) is 6.54 Å². The van der Waals surface area contributed by atoms with E-state index in [0.717, 1.165) is 5.56 Å². The predicted molar refractivity (Wildman–Crippen MR) is 55.1 cm³/mol. The van der Waals surface area contributed by atoms with Crippen molar-refractivity contribution in [3.8, 4) is 0 Å². The number of carbonyl (C=O) groups is 1. The lowest BCUT2D eigenvalue weighted by Gasteiger charge is -2.13. The summed E-state index contributed by atoms with van der Waals surface area (Å²) >= 11 is 0. The van der Waals surface area contributed by atoms with Crippen LogP contribution in [0.5, 0.6) is 0 Å². The lowest BCUT2D eigenvalue weighted by Crippen LogP contribution is -2.21. The number of halogens is 1. The minimum atomic E-state index is -0.839. The summed E-state index contributed by atoms with van der Waals surface area (Å²) in [6.45, 7) is 2.25. The van der Waals surface area contributed by atoms with Gasteiger partial charge in [-0.3, -0.25) is 4.79 Å². The summed E-state index contributed by atoms with van der Waals surface area (Å²) in [5, 5.41) is 11.5. The highest BCUT2D eigenvalue weighted by molar-refractivity contribution is 5.66. The van der Waals surface area contributed by atoms with Gasteiger partial charge in [-0.15, -0.1) is 0 Å². The van der Waals surface area contributed by atoms with Crippen molar-refractivity contribution in [2.45, 2.75) is 19.4 Å². The Balaban J connectivity index is 2.46. The van der Waals surface area contributed by atoms with E-state index in [1.54, 1.807) is 6.07 Å². The molecule has 0 amide bonds. The van der Waals surface area contributed by atoms with Crippen molar-refractivity contribution in [3.63, 3.8) is 0 Å². The van der Waals surface area contributed by atoms with Crippen molar-refractivity contribution in [1.29, 1.82) is 0 Å². The van der Waals surface area contributed by atoms with Crippen LogP contribution in [0.1, 0.15) is 24.9 Å². The van der Waals surface area contributed by atoms with Crippen LogP contribution in [0.15, 0.2) is 24.3 Å². The number of benzene rings is 1. The first-order valence-electron chi connectivity index (χ1n) is 4.80. The van der Waals surface area contributed by atoms with E-state index < -0.39 is 5.97 Å². The average Bonchev–Trinajstić information content (AvgIpc) is 2.17. The van der Waals surface area contributed by atoms with Crippen LogP contribution in [0, 0.1) is 5.82 Å². The fourth-order valence-electron chi connectivity index (χ4n) is 1.29. The van der Waals surface area contributed by atoms with E-state index in [1.807, 2.05) is 13.0 Å². The first-order chi connectivity index (χ1) is 7.09. The summed E-state index contributed by atoms with van der Waals surface area (Å²) in [4.78, 5) is 10.3. The largest absolute Gasteiger partial charge is 0.481 e. The molecule has 3 nitrogen and oxygen atoms in total. The fourth-order valence-corrected chi connectivity index (χ4v) is 1.29. The number of carboxylic acids is 1. The predicted octanol–water partition coefficient (Wildman–Crippen LogP) is 1.95. The van der Waals surface area contributed by atoms with E-state index in [9.17, 15) is 9.18 Å². The van der Waals surface area contributed by atoms with E-state index in [4.69, 9.17) is 5.11 Å². The molecule has 0 radical (unpaired) electrons. The number of carboxylic acid groups (broad SMARTS) is 1. The molecule has 1 aromatic rings. The molecule has 0 unspecified atom stereocenters. The summed E-state index contributed by atoms with van der Waals surface area (Å²) in [5.41, 5.74) is 0.820. The molecule has 0 aliphatic rings. The van der Waals surface area contributed by atoms with Gasteiger partial charge in [0.2, 0.25) is 0 Å². The SMILES string of the molecule is C[C@@H](NCCC(=O)O)c1cccc(F)c1. The van der Waals surface area contributed by atoms with Gasteiger partial charge in [0.1, 0.15) is 5.82 Å². The zero-order chi connectivity index (χ0) is 11.3. The van der Waals surface area contributed by atoms with Crippen LogP contribution < -0.4 is 5.32 Å². The van der Waals surface area contributed by atoms with Crippen LogP contribution in [-0.2, 0) is 4.79 Å². The highest BCUT2D eigenvalue weighted by Crippen LogP contribution is 2.12. The third-order valence-electron chi connectivity index (χ3n) is 2.14. The highest BCUT2D eigenvalue weighted by atomic mass is 19.1. The first kappa shape index (κ1) is 11.7. The smallest absolute Gasteiger partial charge is 0.304 e. The average molecular weight is 211 g/mol. The number of nitrogens with one attached hydrogen (secondary N) is 1. The van der Waals surface area contributed by atoms with Crippen molar-refractivity contribution >= 4 is 5.97 Å². The van der Waals surface area contributed by atoms with Gasteiger partial charge in [-0.25, -0.2) is 4.39 Å². The maximum Gasteiger partial charge on any atom is 0.304 e. The summed E-state index contributed by atoms with van der Waals surface area (Å²) in [5.74, 6) is -1.12. The number of aliphatic carboxylic acids is 1. The molecule has 1 atom stereocenters. The van der Waals surface area contributed by atoms with Gasteiger partial charge in [0.05, 0.1) is 6.42 Å². The Morgan fingerprint density at radius 2 is 2.33 bits per heavy atom. The van der Waals surface area contributed by atoms with Gasteiger partial charge >= 0.3 is 5.97 Å². The van der Waals surface area contributed by atoms with E-state index >= 15 is 0 Å². The van der Waals surface area contributed by atoms with E-state index in [0.29, 0.717) is 6.54 Å². The zero-order valence-electron chi connectivity index (χ0n) is 8.53. The molecular formula is C11H14FNO2. The van der Waals surface area contributed by atoms with Gasteiger partial charge in [0.25, 0.3) is 0 Å². The van der Waals surface area contributed by atoms with Crippen LogP contribution >= 0.6 is 0 Å². The van der Waals surface area contributed by atoms with Crippen LogP contribution in [0.3, 0.4) is 0 Å². The zero-order valence-corrected chi connectivity index (χ0v) is 8.53. The lowest BCUT2D eigenvalue weighted by molar-refractivity contribution is -0.136. The maximum absolute atomic E-state index is 12.9. The molecule has 0 heterocycles. The molecule has 82 valence electrons. The van der Waals surface area contributed by atoms with Crippen molar-refractivity contribution in [1.82, 2.24) is 5.32 Å². The van der Waals surface area contributed by atoms with E-state index in [2.05, 4.69) is 5.32 Å². The van der Waals surface area contributed by atoms with Crippen molar-refractivity contribution in [3.05, 3.63) is 35.6 Å². The maximum atomic E-state index is 12.9. The summed E-state index contributed by atoms with van der Waals surface area (Å²) < 4.78 is 12.9. The minimum absolute atomic E-state index is 0.0416. The molecule has 0 aliphatic carbocycles. The third-order valence-corrected chi connectivity index (χ3v) is 2.14. The second-order valence-electron chi connectivity index (χ2n) is 3.37. The summed E-state index contributed by atoms with van der Waals surface area (Å²) in [7, 11) is 0. The molecule has 0 spiro atoms. The standard InChI is InChI=1S/C11H14FNO2/c1-8(13-6-5-11(14)15)9-3-2-4-10(12)7-9/h2-4,7-8,13H,5-6H2,1H3,(H,14,15)/t8-/m1/s1. The molecular weight excluding hydrogens is 197 g/mol. The van der Waals surface area contributed by atoms with Crippen molar-refractivity contribution < 1.29 is 14.3 Å². The molecule has 15 heavy (non-hydrogen) atoms. The molecule has 2 N–H and O–H groups in total. The van der Waals surface area contributed by atoms with E-state index in [1.165, 1.54) is 12.1 Å². The minimum Gasteiger partial charge on any atom is -0.481 e. The Kier molecular flexibility index (Phi) is 4.24. The van der Waals surface area contributed by atoms with Gasteiger partial charge in [-0.05, 0) is 24.6 Å². The summed E-state index contributed by atoms with van der Waals surface area (Å²) in [6, 6.07) is 6.23. The normalized spacial score (nSPS) is 12.4. The topological polar surface area (TPSA) is 49.3 Å². The molecule has 0 saturated heterocycles. The quantitative estimate of drug-likeness (QED) is 0.782. The summed E-state index contributed by atoms with van der Waals surface area (Å²) in [6.07, 6.45) is 0.0691. The van der Waals surface area contributed by atoms with Crippen LogP contribution in [-0.4, -0.2) is 17.6 Å². The highest BCUT2D eigenvalue weighted by Gasteiger charge is 2.05. The molecule has 0 fully saturated rings. The second kappa shape index (κ2) is 5.46. The first-order valence-corrected chi connectivity index (χ1v) is 4.80. The Hall–Kier alpha value is -1.42.